The van der Waals surface area contributed by atoms with Crippen LogP contribution in [-0.2, 0) is 0 Å². The van der Waals surface area contributed by atoms with E-state index in [1.54, 1.807) is 0 Å². The Labute approximate surface area is 86.8 Å². The molecule has 0 atom stereocenters. The number of hydrogen-bond acceptors (Lipinski definition) is 1. The van der Waals surface area contributed by atoms with Crippen LogP contribution in [0.4, 0.5) is 0 Å². The van der Waals surface area contributed by atoms with Gasteiger partial charge in [-0.3, -0.25) is 0 Å². The first-order valence-electron chi connectivity index (χ1n) is 5.51. The van der Waals surface area contributed by atoms with Gasteiger partial charge in [0, 0.05) is 0 Å². The van der Waals surface area contributed by atoms with Gasteiger partial charge in [0.25, 0.3) is 0 Å². The lowest BCUT2D eigenvalue weighted by molar-refractivity contribution is 0.479. The average molecular weight is 206 g/mol. The summed E-state index contributed by atoms with van der Waals surface area (Å²) in [5.74, 6) is 0.531. The molecule has 0 bridgehead atoms. The van der Waals surface area contributed by atoms with Gasteiger partial charge < -0.3 is 5.11 Å². The highest BCUT2D eigenvalue weighted by Crippen LogP contribution is 2.30. The molecule has 0 saturated carbocycles. The van der Waals surface area contributed by atoms with Gasteiger partial charge in [0.1, 0.15) is 5.75 Å². The van der Waals surface area contributed by atoms with Gasteiger partial charge >= 0.3 is 0 Å². The summed E-state index contributed by atoms with van der Waals surface area (Å²) in [5.41, 5.74) is 0. The van der Waals surface area contributed by atoms with Crippen molar-refractivity contribution in [2.45, 2.75) is 37.9 Å². The van der Waals surface area contributed by atoms with Crippen LogP contribution in [0.25, 0.3) is 0 Å². The van der Waals surface area contributed by atoms with E-state index in [4.69, 9.17) is 0 Å². The predicted molar refractivity (Wildman–Crippen MR) is 62.8 cm³/mol. The van der Waals surface area contributed by atoms with Crippen LogP contribution < -0.4 is 5.19 Å². The van der Waals surface area contributed by atoms with Crippen LogP contribution in [-0.4, -0.2) is 13.2 Å². The minimum absolute atomic E-state index is 0.531. The van der Waals surface area contributed by atoms with Crippen LogP contribution >= 0.6 is 0 Å². The van der Waals surface area contributed by atoms with Crippen molar-refractivity contribution in [2.75, 3.05) is 0 Å². The van der Waals surface area contributed by atoms with Crippen molar-refractivity contribution >= 4 is 13.3 Å². The molecule has 0 aromatic heterocycles. The van der Waals surface area contributed by atoms with Crippen LogP contribution in [0.5, 0.6) is 5.75 Å². The van der Waals surface area contributed by atoms with Crippen molar-refractivity contribution in [3.05, 3.63) is 24.3 Å². The fourth-order valence-electron chi connectivity index (χ4n) is 2.59. The molecule has 1 fully saturated rings. The summed E-state index contributed by atoms with van der Waals surface area (Å²) in [5, 5.41) is 11.1. The summed E-state index contributed by atoms with van der Waals surface area (Å²) in [6.45, 7) is 2.42. The Morgan fingerprint density at radius 3 is 2.36 bits per heavy atom. The van der Waals surface area contributed by atoms with E-state index in [0.717, 1.165) is 0 Å². The minimum atomic E-state index is -1.31. The quantitative estimate of drug-likeness (QED) is 0.701. The zero-order valence-electron chi connectivity index (χ0n) is 8.79. The summed E-state index contributed by atoms with van der Waals surface area (Å²) in [7, 11) is -1.31. The van der Waals surface area contributed by atoms with Crippen molar-refractivity contribution < 1.29 is 5.11 Å². The second-order valence-corrected chi connectivity index (χ2v) is 9.30. The van der Waals surface area contributed by atoms with Gasteiger partial charge in [0.2, 0.25) is 0 Å². The first-order valence-corrected chi connectivity index (χ1v) is 8.42. The first-order chi connectivity index (χ1) is 6.72. The number of rotatable bonds is 1. The maximum atomic E-state index is 9.86. The van der Waals surface area contributed by atoms with Gasteiger partial charge in [-0.25, -0.2) is 0 Å². The molecule has 1 nitrogen and oxygen atoms in total. The largest absolute Gasteiger partial charge is 0.508 e. The fourth-order valence-corrected chi connectivity index (χ4v) is 6.64. The highest BCUT2D eigenvalue weighted by molar-refractivity contribution is 6.91. The normalized spacial score (nSPS) is 20.6. The van der Waals surface area contributed by atoms with E-state index in [1.165, 1.54) is 36.5 Å². The standard InChI is InChI=1S/C12H18OSi/c1-14(9-5-2-6-10-14)12-8-4-3-7-11(12)13/h3-4,7-8,13H,2,5-6,9-10H2,1H3. The number of para-hydroxylation sites is 1. The van der Waals surface area contributed by atoms with E-state index >= 15 is 0 Å². The van der Waals surface area contributed by atoms with E-state index in [2.05, 4.69) is 18.7 Å². The third-order valence-corrected chi connectivity index (χ3v) is 8.15. The third-order valence-electron chi connectivity index (χ3n) is 3.51. The molecule has 1 aliphatic heterocycles. The van der Waals surface area contributed by atoms with Gasteiger partial charge in [-0.15, -0.1) is 0 Å². The van der Waals surface area contributed by atoms with Crippen LogP contribution in [0.15, 0.2) is 24.3 Å². The minimum Gasteiger partial charge on any atom is -0.508 e. The number of benzene rings is 1. The zero-order valence-corrected chi connectivity index (χ0v) is 9.79. The molecule has 1 aromatic carbocycles. The third kappa shape index (κ3) is 1.71. The van der Waals surface area contributed by atoms with Crippen molar-refractivity contribution in [1.29, 1.82) is 0 Å². The molecule has 0 radical (unpaired) electrons. The molecular weight excluding hydrogens is 188 g/mol. The lowest BCUT2D eigenvalue weighted by atomic mass is 10.3. The number of hydrogen-bond donors (Lipinski definition) is 1. The topological polar surface area (TPSA) is 20.2 Å². The van der Waals surface area contributed by atoms with Crippen molar-refractivity contribution in [2.24, 2.45) is 0 Å². The Balaban J connectivity index is 2.32. The Bertz CT molecular complexity index is 316. The van der Waals surface area contributed by atoms with Crippen molar-refractivity contribution in [1.82, 2.24) is 0 Å². The number of aromatic hydroxyl groups is 1. The van der Waals surface area contributed by atoms with Gasteiger partial charge in [0.05, 0.1) is 8.07 Å². The molecule has 0 aliphatic carbocycles. The molecule has 76 valence electrons. The summed E-state index contributed by atoms with van der Waals surface area (Å²) in [6.07, 6.45) is 4.10. The maximum absolute atomic E-state index is 9.86. The van der Waals surface area contributed by atoms with Gasteiger partial charge in [-0.1, -0.05) is 56.1 Å². The molecule has 2 rings (SSSR count). The lowest BCUT2D eigenvalue weighted by Crippen LogP contribution is -2.45. The summed E-state index contributed by atoms with van der Waals surface area (Å²) >= 11 is 0. The Morgan fingerprint density at radius 2 is 1.71 bits per heavy atom. The van der Waals surface area contributed by atoms with E-state index in [-0.39, 0.29) is 0 Å². The van der Waals surface area contributed by atoms with Crippen LogP contribution in [0.1, 0.15) is 19.3 Å². The molecule has 2 heteroatoms. The molecule has 1 aliphatic rings. The van der Waals surface area contributed by atoms with E-state index in [1.807, 2.05) is 12.1 Å². The van der Waals surface area contributed by atoms with Crippen molar-refractivity contribution in [3.63, 3.8) is 0 Å². The lowest BCUT2D eigenvalue weighted by Gasteiger charge is -2.32. The molecule has 14 heavy (non-hydrogen) atoms. The molecule has 1 saturated heterocycles. The Kier molecular flexibility index (Phi) is 2.64. The molecular formula is C12H18OSi. The second kappa shape index (κ2) is 3.77. The Hall–Kier alpha value is -0.763. The Morgan fingerprint density at radius 1 is 1.07 bits per heavy atom. The molecule has 1 N–H and O–H groups in total. The molecule has 0 unspecified atom stereocenters. The van der Waals surface area contributed by atoms with E-state index in [9.17, 15) is 5.11 Å². The monoisotopic (exact) mass is 206 g/mol. The SMILES string of the molecule is C[Si]1(c2ccccc2O)CCCCC1. The highest BCUT2D eigenvalue weighted by atomic mass is 28.3. The second-order valence-electron chi connectivity index (χ2n) is 4.64. The zero-order chi connectivity index (χ0) is 10.0. The van der Waals surface area contributed by atoms with Crippen LogP contribution in [0.2, 0.25) is 18.6 Å². The molecule has 1 heterocycles. The van der Waals surface area contributed by atoms with Gasteiger partial charge in [-0.05, 0) is 11.3 Å². The summed E-state index contributed by atoms with van der Waals surface area (Å²) in [6, 6.07) is 10.6. The predicted octanol–water partition coefficient (Wildman–Crippen LogP) is 2.86. The van der Waals surface area contributed by atoms with E-state index in [0.29, 0.717) is 5.75 Å². The van der Waals surface area contributed by atoms with Gasteiger partial charge in [-0.2, -0.15) is 0 Å². The molecule has 0 amide bonds. The number of phenolic OH excluding ortho intramolecular Hbond substituents is 1. The highest BCUT2D eigenvalue weighted by Gasteiger charge is 2.32. The van der Waals surface area contributed by atoms with Crippen molar-refractivity contribution in [3.8, 4) is 5.75 Å². The fraction of sp³-hybridized carbons (Fsp3) is 0.500. The molecule has 0 spiro atoms. The number of phenols is 1. The van der Waals surface area contributed by atoms with Gasteiger partial charge in [0.15, 0.2) is 0 Å². The molecule has 1 aromatic rings. The van der Waals surface area contributed by atoms with Crippen LogP contribution in [0, 0.1) is 0 Å². The average Bonchev–Trinajstić information content (AvgIpc) is 2.19. The van der Waals surface area contributed by atoms with E-state index < -0.39 is 8.07 Å². The maximum Gasteiger partial charge on any atom is 0.114 e. The smallest absolute Gasteiger partial charge is 0.114 e. The summed E-state index contributed by atoms with van der Waals surface area (Å²) in [4.78, 5) is 0. The first kappa shape index (κ1) is 9.78. The van der Waals surface area contributed by atoms with Crippen LogP contribution in [0.3, 0.4) is 0 Å². The summed E-state index contributed by atoms with van der Waals surface area (Å²) < 4.78 is 0.